The summed E-state index contributed by atoms with van der Waals surface area (Å²) in [4.78, 5) is 41.7. The first-order valence-corrected chi connectivity index (χ1v) is 10.2. The van der Waals surface area contributed by atoms with Crippen LogP contribution in [0.25, 0.3) is 0 Å². The molecule has 2 aromatic rings. The van der Waals surface area contributed by atoms with E-state index in [-0.39, 0.29) is 17.4 Å². The quantitative estimate of drug-likeness (QED) is 0.790. The normalized spacial score (nSPS) is 14.9. The predicted molar refractivity (Wildman–Crippen MR) is 106 cm³/mol. The maximum atomic E-state index is 12.7. The van der Waals surface area contributed by atoms with Crippen LogP contribution in [0.5, 0.6) is 0 Å². The van der Waals surface area contributed by atoms with Crippen molar-refractivity contribution in [3.05, 3.63) is 56.6 Å². The molecule has 7 heteroatoms. The van der Waals surface area contributed by atoms with Crippen LogP contribution in [-0.2, 0) is 18.3 Å². The van der Waals surface area contributed by atoms with Gasteiger partial charge < -0.3 is 14.4 Å². The fraction of sp³-hybridized carbons (Fsp3) is 0.450. The number of hydrogen-bond donors (Lipinski definition) is 0. The molecule has 2 amide bonds. The highest BCUT2D eigenvalue weighted by Gasteiger charge is 2.22. The molecule has 0 atom stereocenters. The molecule has 0 N–H and O–H groups in total. The van der Waals surface area contributed by atoms with Gasteiger partial charge in [-0.2, -0.15) is 0 Å². The maximum absolute atomic E-state index is 12.7. The lowest BCUT2D eigenvalue weighted by atomic mass is 10.2. The summed E-state index contributed by atoms with van der Waals surface area (Å²) in [5.74, 6) is 0.0838. The summed E-state index contributed by atoms with van der Waals surface area (Å²) in [7, 11) is 1.64. The van der Waals surface area contributed by atoms with Gasteiger partial charge in [-0.1, -0.05) is 6.07 Å². The Balaban J connectivity index is 1.51. The Hall–Kier alpha value is -2.41. The van der Waals surface area contributed by atoms with Gasteiger partial charge in [0.05, 0.1) is 5.56 Å². The first-order valence-electron chi connectivity index (χ1n) is 9.31. The van der Waals surface area contributed by atoms with Gasteiger partial charge in [0.1, 0.15) is 0 Å². The second-order valence-electron chi connectivity index (χ2n) is 6.83. The minimum atomic E-state index is -0.137. The van der Waals surface area contributed by atoms with Crippen molar-refractivity contribution in [3.8, 4) is 0 Å². The molecular formula is C20H25N3O3S. The molecule has 144 valence electrons. The standard InChI is InChI=1S/C20H25N3O3S/c1-21-15-16(8-9-18(21)24)20(26)23-11-4-10-22(12-13-23)19(25)7-2-5-17-6-3-14-27-17/h3,6,8-9,14-15H,2,4-5,7,10-13H2,1H3. The topological polar surface area (TPSA) is 62.6 Å². The van der Waals surface area contributed by atoms with E-state index in [1.807, 2.05) is 11.0 Å². The number of rotatable bonds is 5. The summed E-state index contributed by atoms with van der Waals surface area (Å²) < 4.78 is 1.41. The van der Waals surface area contributed by atoms with Crippen LogP contribution >= 0.6 is 11.3 Å². The molecule has 2 aromatic heterocycles. The molecule has 27 heavy (non-hydrogen) atoms. The van der Waals surface area contributed by atoms with Gasteiger partial charge in [-0.3, -0.25) is 14.4 Å². The van der Waals surface area contributed by atoms with Crippen molar-refractivity contribution in [1.29, 1.82) is 0 Å². The van der Waals surface area contributed by atoms with Gasteiger partial charge in [0.2, 0.25) is 11.5 Å². The van der Waals surface area contributed by atoms with Crippen molar-refractivity contribution < 1.29 is 9.59 Å². The fourth-order valence-corrected chi connectivity index (χ4v) is 4.05. The van der Waals surface area contributed by atoms with Crippen LogP contribution in [0.2, 0.25) is 0 Å². The molecule has 0 bridgehead atoms. The third-order valence-corrected chi connectivity index (χ3v) is 5.80. The molecule has 0 saturated carbocycles. The van der Waals surface area contributed by atoms with Crippen molar-refractivity contribution in [2.75, 3.05) is 26.2 Å². The van der Waals surface area contributed by atoms with E-state index in [1.165, 1.54) is 15.5 Å². The summed E-state index contributed by atoms with van der Waals surface area (Å²) in [5.41, 5.74) is 0.370. The van der Waals surface area contributed by atoms with Gasteiger partial charge in [-0.15, -0.1) is 11.3 Å². The Morgan fingerprint density at radius 1 is 1.07 bits per heavy atom. The lowest BCUT2D eigenvalue weighted by molar-refractivity contribution is -0.131. The second-order valence-corrected chi connectivity index (χ2v) is 7.86. The Bertz CT molecular complexity index is 844. The smallest absolute Gasteiger partial charge is 0.255 e. The summed E-state index contributed by atoms with van der Waals surface area (Å²) in [5, 5.41) is 2.06. The Labute approximate surface area is 163 Å². The van der Waals surface area contributed by atoms with Gasteiger partial charge in [-0.25, -0.2) is 0 Å². The highest BCUT2D eigenvalue weighted by molar-refractivity contribution is 7.09. The van der Waals surface area contributed by atoms with Crippen LogP contribution in [0.15, 0.2) is 40.6 Å². The number of hydrogen-bond acceptors (Lipinski definition) is 4. The molecule has 3 rings (SSSR count). The summed E-state index contributed by atoms with van der Waals surface area (Å²) >= 11 is 1.73. The van der Waals surface area contributed by atoms with Gasteiger partial charge in [0.25, 0.3) is 5.91 Å². The van der Waals surface area contributed by atoms with Crippen LogP contribution in [0.3, 0.4) is 0 Å². The number of aromatic nitrogens is 1. The van der Waals surface area contributed by atoms with Crippen LogP contribution in [0.4, 0.5) is 0 Å². The fourth-order valence-electron chi connectivity index (χ4n) is 3.30. The molecule has 1 fully saturated rings. The number of aryl methyl sites for hydroxylation is 2. The highest BCUT2D eigenvalue weighted by atomic mass is 32.1. The Kier molecular flexibility index (Phi) is 6.45. The second kappa shape index (κ2) is 8.99. The van der Waals surface area contributed by atoms with Crippen molar-refractivity contribution in [2.45, 2.75) is 25.7 Å². The first-order chi connectivity index (χ1) is 13.0. The minimum Gasteiger partial charge on any atom is -0.341 e. The summed E-state index contributed by atoms with van der Waals surface area (Å²) in [6.07, 6.45) is 4.69. The predicted octanol–water partition coefficient (Wildman–Crippen LogP) is 2.14. The molecule has 0 unspecified atom stereocenters. The average Bonchev–Trinajstić information content (AvgIpc) is 3.05. The van der Waals surface area contributed by atoms with Crippen LogP contribution < -0.4 is 5.56 Å². The SMILES string of the molecule is Cn1cc(C(=O)N2CCCN(C(=O)CCCc3cccs3)CC2)ccc1=O. The average molecular weight is 388 g/mol. The van der Waals surface area contributed by atoms with Gasteiger partial charge in [0, 0.05) is 56.8 Å². The van der Waals surface area contributed by atoms with Gasteiger partial charge >= 0.3 is 0 Å². The summed E-state index contributed by atoms with van der Waals surface area (Å²) in [6.45, 7) is 2.41. The largest absolute Gasteiger partial charge is 0.341 e. The molecule has 0 aromatic carbocycles. The minimum absolute atomic E-state index is 0.0856. The van der Waals surface area contributed by atoms with Crippen molar-refractivity contribution in [1.82, 2.24) is 14.4 Å². The van der Waals surface area contributed by atoms with Crippen LogP contribution in [0, 0.1) is 0 Å². The van der Waals surface area contributed by atoms with E-state index in [0.29, 0.717) is 38.2 Å². The molecule has 6 nitrogen and oxygen atoms in total. The molecule has 0 aliphatic carbocycles. The van der Waals surface area contributed by atoms with Gasteiger partial charge in [-0.05, 0) is 36.8 Å². The zero-order chi connectivity index (χ0) is 19.2. The lowest BCUT2D eigenvalue weighted by Crippen LogP contribution is -2.37. The summed E-state index contributed by atoms with van der Waals surface area (Å²) in [6, 6.07) is 7.12. The third kappa shape index (κ3) is 5.07. The van der Waals surface area contributed by atoms with Crippen molar-refractivity contribution >= 4 is 23.2 Å². The van der Waals surface area contributed by atoms with E-state index in [9.17, 15) is 14.4 Å². The monoisotopic (exact) mass is 387 g/mol. The molecule has 1 saturated heterocycles. The molecule has 1 aliphatic rings. The van der Waals surface area contributed by atoms with E-state index in [2.05, 4.69) is 11.4 Å². The van der Waals surface area contributed by atoms with Crippen molar-refractivity contribution in [3.63, 3.8) is 0 Å². The van der Waals surface area contributed by atoms with E-state index in [0.717, 1.165) is 19.3 Å². The van der Waals surface area contributed by atoms with Crippen LogP contribution in [0.1, 0.15) is 34.5 Å². The number of amides is 2. The Morgan fingerprint density at radius 3 is 2.59 bits per heavy atom. The maximum Gasteiger partial charge on any atom is 0.255 e. The van der Waals surface area contributed by atoms with Crippen LogP contribution in [-0.4, -0.2) is 52.4 Å². The number of carbonyl (C=O) groups excluding carboxylic acids is 2. The highest BCUT2D eigenvalue weighted by Crippen LogP contribution is 2.14. The van der Waals surface area contributed by atoms with E-state index >= 15 is 0 Å². The number of carbonyl (C=O) groups is 2. The molecule has 0 spiro atoms. The third-order valence-electron chi connectivity index (χ3n) is 4.86. The van der Waals surface area contributed by atoms with E-state index < -0.39 is 0 Å². The Morgan fingerprint density at radius 2 is 1.85 bits per heavy atom. The van der Waals surface area contributed by atoms with E-state index in [1.54, 1.807) is 35.5 Å². The first kappa shape index (κ1) is 19.4. The van der Waals surface area contributed by atoms with E-state index in [4.69, 9.17) is 0 Å². The van der Waals surface area contributed by atoms with Gasteiger partial charge in [0.15, 0.2) is 0 Å². The molecule has 0 radical (unpaired) electrons. The molecule has 3 heterocycles. The molecule has 1 aliphatic heterocycles. The zero-order valence-electron chi connectivity index (χ0n) is 15.6. The number of pyridine rings is 1. The number of thiophene rings is 1. The lowest BCUT2D eigenvalue weighted by Gasteiger charge is -2.22. The zero-order valence-corrected chi connectivity index (χ0v) is 16.4. The number of nitrogens with zero attached hydrogens (tertiary/aromatic N) is 3. The molecular weight excluding hydrogens is 362 g/mol. The van der Waals surface area contributed by atoms with Crippen molar-refractivity contribution in [2.24, 2.45) is 7.05 Å².